The van der Waals surface area contributed by atoms with Crippen molar-refractivity contribution in [3.8, 4) is 5.75 Å². The van der Waals surface area contributed by atoms with E-state index in [4.69, 9.17) is 27.9 Å². The molecule has 1 saturated heterocycles. The summed E-state index contributed by atoms with van der Waals surface area (Å²) in [5, 5.41) is 4.46. The van der Waals surface area contributed by atoms with Crippen molar-refractivity contribution in [2.24, 2.45) is 5.92 Å². The highest BCUT2D eigenvalue weighted by Crippen LogP contribution is 2.28. The summed E-state index contributed by atoms with van der Waals surface area (Å²) in [4.78, 5) is 0. The zero-order valence-corrected chi connectivity index (χ0v) is 13.1. The number of ether oxygens (including phenoxy) is 1. The van der Waals surface area contributed by atoms with Crippen LogP contribution in [0.3, 0.4) is 0 Å². The maximum Gasteiger partial charge on any atom is 0.138 e. The van der Waals surface area contributed by atoms with Crippen LogP contribution in [0.15, 0.2) is 42.5 Å². The molecular weight excluding hydrogens is 305 g/mol. The lowest BCUT2D eigenvalue weighted by atomic mass is 9.94. The summed E-state index contributed by atoms with van der Waals surface area (Å²) in [6, 6.07) is 13.8. The van der Waals surface area contributed by atoms with Crippen LogP contribution < -0.4 is 10.1 Å². The quantitative estimate of drug-likeness (QED) is 0.884. The molecule has 1 heterocycles. The third kappa shape index (κ3) is 3.91. The first-order valence-corrected chi connectivity index (χ1v) is 7.83. The van der Waals surface area contributed by atoms with Crippen molar-refractivity contribution in [3.05, 3.63) is 63.6 Å². The molecule has 4 heteroatoms. The number of hydrogen-bond donors (Lipinski definition) is 1. The van der Waals surface area contributed by atoms with E-state index in [1.807, 2.05) is 0 Å². The minimum absolute atomic E-state index is 0.512. The van der Waals surface area contributed by atoms with Crippen LogP contribution in [-0.2, 0) is 13.0 Å². The highest BCUT2D eigenvalue weighted by molar-refractivity contribution is 6.35. The minimum Gasteiger partial charge on any atom is -0.487 e. The normalized spacial score (nSPS) is 14.8. The third-order valence-electron chi connectivity index (χ3n) is 3.67. The molecule has 2 aromatic carbocycles. The molecule has 3 rings (SSSR count). The molecule has 1 aliphatic rings. The van der Waals surface area contributed by atoms with Gasteiger partial charge in [-0.3, -0.25) is 0 Å². The molecule has 0 aromatic heterocycles. The van der Waals surface area contributed by atoms with Crippen molar-refractivity contribution < 1.29 is 4.74 Å². The lowest BCUT2D eigenvalue weighted by Gasteiger charge is -2.27. The van der Waals surface area contributed by atoms with Gasteiger partial charge in [-0.1, -0.05) is 47.5 Å². The van der Waals surface area contributed by atoms with E-state index < -0.39 is 0 Å². The molecule has 0 aliphatic carbocycles. The Bertz CT molecular complexity index is 626. The fourth-order valence-electron chi connectivity index (χ4n) is 2.43. The zero-order chi connectivity index (χ0) is 14.7. The van der Waals surface area contributed by atoms with Crippen LogP contribution in [-0.4, -0.2) is 13.1 Å². The van der Waals surface area contributed by atoms with Gasteiger partial charge in [0.2, 0.25) is 0 Å². The van der Waals surface area contributed by atoms with Gasteiger partial charge in [0.25, 0.3) is 0 Å². The van der Waals surface area contributed by atoms with Crippen molar-refractivity contribution >= 4 is 23.2 Å². The molecule has 110 valence electrons. The lowest BCUT2D eigenvalue weighted by molar-refractivity contribution is 0.306. The summed E-state index contributed by atoms with van der Waals surface area (Å²) < 4.78 is 5.78. The van der Waals surface area contributed by atoms with Crippen LogP contribution in [0.2, 0.25) is 10.0 Å². The fraction of sp³-hybridized carbons (Fsp3) is 0.294. The van der Waals surface area contributed by atoms with Gasteiger partial charge in [0.1, 0.15) is 12.4 Å². The Hall–Kier alpha value is -1.22. The average Bonchev–Trinajstić information content (AvgIpc) is 2.42. The van der Waals surface area contributed by atoms with Gasteiger partial charge >= 0.3 is 0 Å². The van der Waals surface area contributed by atoms with Gasteiger partial charge in [-0.05, 0) is 54.8 Å². The van der Waals surface area contributed by atoms with E-state index in [0.29, 0.717) is 22.4 Å². The first-order chi connectivity index (χ1) is 10.2. The van der Waals surface area contributed by atoms with E-state index in [2.05, 4.69) is 29.6 Å². The van der Waals surface area contributed by atoms with Crippen LogP contribution in [0.25, 0.3) is 0 Å². The molecule has 1 fully saturated rings. The first kappa shape index (κ1) is 14.7. The number of halogens is 2. The van der Waals surface area contributed by atoms with Gasteiger partial charge in [-0.15, -0.1) is 0 Å². The second-order valence-electron chi connectivity index (χ2n) is 5.41. The van der Waals surface area contributed by atoms with E-state index in [1.165, 1.54) is 5.56 Å². The Kier molecular flexibility index (Phi) is 4.69. The van der Waals surface area contributed by atoms with Crippen molar-refractivity contribution in [3.63, 3.8) is 0 Å². The van der Waals surface area contributed by atoms with Crippen molar-refractivity contribution in [1.29, 1.82) is 0 Å². The van der Waals surface area contributed by atoms with Gasteiger partial charge in [0, 0.05) is 5.02 Å². The van der Waals surface area contributed by atoms with Crippen molar-refractivity contribution in [1.82, 2.24) is 5.32 Å². The molecule has 2 nitrogen and oxygen atoms in total. The van der Waals surface area contributed by atoms with E-state index in [-0.39, 0.29) is 0 Å². The molecule has 2 aromatic rings. The van der Waals surface area contributed by atoms with Gasteiger partial charge in [0.15, 0.2) is 0 Å². The van der Waals surface area contributed by atoms with Crippen LogP contribution in [0.5, 0.6) is 5.75 Å². The molecule has 0 amide bonds. The minimum atomic E-state index is 0.512. The lowest BCUT2D eigenvalue weighted by Crippen LogP contribution is -2.43. The monoisotopic (exact) mass is 321 g/mol. The van der Waals surface area contributed by atoms with Crippen LogP contribution in [0, 0.1) is 5.92 Å². The molecule has 0 saturated carbocycles. The van der Waals surface area contributed by atoms with Gasteiger partial charge in [-0.25, -0.2) is 0 Å². The number of hydrogen-bond acceptors (Lipinski definition) is 2. The standard InChI is InChI=1S/C17H17Cl2NO/c18-15-4-5-17(16(19)8-15)21-11-13-3-1-2-12(6-13)7-14-9-20-10-14/h1-6,8,14,20H,7,9-11H2. The highest BCUT2D eigenvalue weighted by atomic mass is 35.5. The number of nitrogens with one attached hydrogen (secondary N) is 1. The fourth-order valence-corrected chi connectivity index (χ4v) is 2.89. The summed E-state index contributed by atoms with van der Waals surface area (Å²) in [6.07, 6.45) is 1.13. The van der Waals surface area contributed by atoms with Crippen LogP contribution in [0.1, 0.15) is 11.1 Å². The SMILES string of the molecule is Clc1ccc(OCc2cccc(CC3CNC3)c2)c(Cl)c1. The van der Waals surface area contributed by atoms with Gasteiger partial charge in [-0.2, -0.15) is 0 Å². The molecular formula is C17H17Cl2NO. The van der Waals surface area contributed by atoms with E-state index in [0.717, 1.165) is 31.0 Å². The van der Waals surface area contributed by atoms with E-state index in [9.17, 15) is 0 Å². The summed E-state index contributed by atoms with van der Waals surface area (Å²) >= 11 is 12.0. The van der Waals surface area contributed by atoms with Crippen LogP contribution in [0.4, 0.5) is 0 Å². The second-order valence-corrected chi connectivity index (χ2v) is 6.26. The zero-order valence-electron chi connectivity index (χ0n) is 11.6. The largest absolute Gasteiger partial charge is 0.487 e. The Labute approximate surface area is 135 Å². The van der Waals surface area contributed by atoms with Crippen molar-refractivity contribution in [2.75, 3.05) is 13.1 Å². The number of benzene rings is 2. The van der Waals surface area contributed by atoms with Gasteiger partial charge < -0.3 is 10.1 Å². The molecule has 0 radical (unpaired) electrons. The van der Waals surface area contributed by atoms with E-state index >= 15 is 0 Å². The predicted octanol–water partition coefficient (Wildman–Crippen LogP) is 4.33. The second kappa shape index (κ2) is 6.69. The molecule has 1 aliphatic heterocycles. The highest BCUT2D eigenvalue weighted by Gasteiger charge is 2.16. The molecule has 0 spiro atoms. The summed E-state index contributed by atoms with van der Waals surface area (Å²) in [5.41, 5.74) is 2.52. The summed E-state index contributed by atoms with van der Waals surface area (Å²) in [7, 11) is 0. The van der Waals surface area contributed by atoms with E-state index in [1.54, 1.807) is 18.2 Å². The Balaban J connectivity index is 1.62. The maximum atomic E-state index is 6.11. The number of rotatable bonds is 5. The summed E-state index contributed by atoms with van der Waals surface area (Å²) in [5.74, 6) is 1.43. The molecule has 0 atom stereocenters. The molecule has 0 unspecified atom stereocenters. The molecule has 21 heavy (non-hydrogen) atoms. The first-order valence-electron chi connectivity index (χ1n) is 7.07. The van der Waals surface area contributed by atoms with Crippen LogP contribution >= 0.6 is 23.2 Å². The summed E-state index contributed by atoms with van der Waals surface area (Å²) in [6.45, 7) is 2.76. The third-order valence-corrected chi connectivity index (χ3v) is 4.20. The predicted molar refractivity (Wildman–Crippen MR) is 87.3 cm³/mol. The smallest absolute Gasteiger partial charge is 0.138 e. The Morgan fingerprint density at radius 1 is 1.05 bits per heavy atom. The Morgan fingerprint density at radius 3 is 2.57 bits per heavy atom. The van der Waals surface area contributed by atoms with Crippen molar-refractivity contribution in [2.45, 2.75) is 13.0 Å². The molecule has 1 N–H and O–H groups in total. The average molecular weight is 322 g/mol. The topological polar surface area (TPSA) is 21.3 Å². The maximum absolute atomic E-state index is 6.11. The Morgan fingerprint density at radius 2 is 1.86 bits per heavy atom. The molecule has 0 bridgehead atoms. The van der Waals surface area contributed by atoms with Gasteiger partial charge in [0.05, 0.1) is 5.02 Å².